The zero-order chi connectivity index (χ0) is 21.5. The zero-order valence-corrected chi connectivity index (χ0v) is 16.7. The van der Waals surface area contributed by atoms with Gasteiger partial charge in [0.1, 0.15) is 0 Å². The molecule has 4 rings (SSSR count). The van der Waals surface area contributed by atoms with Crippen LogP contribution in [0.15, 0.2) is 84.9 Å². The van der Waals surface area contributed by atoms with Crippen LogP contribution in [-0.4, -0.2) is 20.9 Å². The molecule has 0 aliphatic rings. The average molecular weight is 411 g/mol. The third kappa shape index (κ3) is 5.42. The molecule has 154 valence electrons. The van der Waals surface area contributed by atoms with Gasteiger partial charge in [0.15, 0.2) is 12.4 Å². The van der Waals surface area contributed by atoms with Crippen LogP contribution in [0.4, 0.5) is 17.6 Å². The van der Waals surface area contributed by atoms with Crippen LogP contribution in [0, 0.1) is 0 Å². The number of nitrogen functional groups attached to an aromatic ring is 1. The first-order valence-corrected chi connectivity index (χ1v) is 9.79. The van der Waals surface area contributed by atoms with E-state index in [0.29, 0.717) is 12.0 Å². The van der Waals surface area contributed by atoms with Gasteiger partial charge in [-0.2, -0.15) is 15.0 Å². The first-order valence-electron chi connectivity index (χ1n) is 9.79. The summed E-state index contributed by atoms with van der Waals surface area (Å²) >= 11 is 0. The molecule has 3 aromatic carbocycles. The lowest BCUT2D eigenvalue weighted by Gasteiger charge is -2.10. The van der Waals surface area contributed by atoms with Crippen LogP contribution in [0.1, 0.15) is 27.3 Å². The van der Waals surface area contributed by atoms with E-state index in [-0.39, 0.29) is 24.3 Å². The maximum Gasteiger partial charge on any atom is 0.338 e. The summed E-state index contributed by atoms with van der Waals surface area (Å²) in [5, 5.41) is 3.06. The van der Waals surface area contributed by atoms with Crippen LogP contribution in [0.2, 0.25) is 0 Å². The second-order valence-electron chi connectivity index (χ2n) is 6.82. The molecule has 0 radical (unpaired) electrons. The number of hydrogen-bond acceptors (Lipinski definition) is 7. The van der Waals surface area contributed by atoms with Gasteiger partial charge in [-0.3, -0.25) is 0 Å². The minimum atomic E-state index is -0.442. The number of esters is 1. The molecule has 0 unspecified atom stereocenters. The van der Waals surface area contributed by atoms with Crippen molar-refractivity contribution >= 4 is 23.6 Å². The number of nitrogens with one attached hydrogen (secondary N) is 1. The second kappa shape index (κ2) is 9.49. The molecule has 0 fully saturated rings. The normalized spacial score (nSPS) is 10.5. The summed E-state index contributed by atoms with van der Waals surface area (Å²) in [6.45, 7) is -0.116. The van der Waals surface area contributed by atoms with Gasteiger partial charge in [-0.1, -0.05) is 66.7 Å². The van der Waals surface area contributed by atoms with Gasteiger partial charge >= 0.3 is 5.97 Å². The van der Waals surface area contributed by atoms with Crippen LogP contribution in [0.25, 0.3) is 0 Å². The first kappa shape index (κ1) is 20.0. The predicted molar refractivity (Wildman–Crippen MR) is 119 cm³/mol. The molecular weight excluding hydrogens is 390 g/mol. The highest BCUT2D eigenvalue weighted by molar-refractivity contribution is 5.91. The van der Waals surface area contributed by atoms with Crippen LogP contribution in [0.3, 0.4) is 0 Å². The molecule has 3 N–H and O–H groups in total. The number of nitrogens with zero attached hydrogens (tertiary/aromatic N) is 3. The smallest absolute Gasteiger partial charge is 0.338 e. The summed E-state index contributed by atoms with van der Waals surface area (Å²) in [4.78, 5) is 25.2. The molecule has 1 heterocycles. The standard InChI is InChI=1S/C24H21N5O2/c25-23-27-21(28-24(29-23)26-19-12-5-2-6-13-19)16-31-22(30)20-14-8-7-11-18(20)15-17-9-3-1-4-10-17/h1-14H,15-16H2,(H3,25,26,27,28,29). The molecule has 0 aliphatic carbocycles. The lowest BCUT2D eigenvalue weighted by Crippen LogP contribution is -2.12. The van der Waals surface area contributed by atoms with E-state index in [2.05, 4.69) is 20.3 Å². The van der Waals surface area contributed by atoms with E-state index in [1.165, 1.54) is 0 Å². The predicted octanol–water partition coefficient (Wildman–Crippen LogP) is 4.15. The molecule has 0 bridgehead atoms. The Kier molecular flexibility index (Phi) is 6.13. The number of hydrogen-bond donors (Lipinski definition) is 2. The fourth-order valence-electron chi connectivity index (χ4n) is 3.11. The lowest BCUT2D eigenvalue weighted by atomic mass is 10.00. The summed E-state index contributed by atoms with van der Waals surface area (Å²) in [6.07, 6.45) is 0.635. The molecule has 1 aromatic heterocycles. The van der Waals surface area contributed by atoms with Crippen molar-refractivity contribution in [2.75, 3.05) is 11.1 Å². The summed E-state index contributed by atoms with van der Waals surface area (Å²) < 4.78 is 5.48. The maximum absolute atomic E-state index is 12.7. The highest BCUT2D eigenvalue weighted by Crippen LogP contribution is 2.17. The Morgan fingerprint density at radius 1 is 0.839 bits per heavy atom. The molecule has 31 heavy (non-hydrogen) atoms. The number of carbonyl (C=O) groups is 1. The summed E-state index contributed by atoms with van der Waals surface area (Å²) in [5.74, 6) is 0.154. The SMILES string of the molecule is Nc1nc(COC(=O)c2ccccc2Cc2ccccc2)nc(Nc2ccccc2)n1. The van der Waals surface area contributed by atoms with Crippen LogP contribution >= 0.6 is 0 Å². The monoisotopic (exact) mass is 411 g/mol. The molecule has 7 heteroatoms. The third-order valence-corrected chi connectivity index (χ3v) is 4.54. The van der Waals surface area contributed by atoms with Gasteiger partial charge in [0, 0.05) is 5.69 Å². The summed E-state index contributed by atoms with van der Waals surface area (Å²) in [5.41, 5.74) is 9.12. The second-order valence-corrected chi connectivity index (χ2v) is 6.82. The lowest BCUT2D eigenvalue weighted by molar-refractivity contribution is 0.0461. The molecule has 0 saturated heterocycles. The van der Waals surface area contributed by atoms with Crippen molar-refractivity contribution in [1.29, 1.82) is 0 Å². The van der Waals surface area contributed by atoms with Crippen molar-refractivity contribution in [2.45, 2.75) is 13.0 Å². The van der Waals surface area contributed by atoms with Crippen molar-refractivity contribution < 1.29 is 9.53 Å². The van der Waals surface area contributed by atoms with E-state index in [0.717, 1.165) is 16.8 Å². The Hall–Kier alpha value is -4.26. The Morgan fingerprint density at radius 3 is 2.29 bits per heavy atom. The quantitative estimate of drug-likeness (QED) is 0.440. The van der Waals surface area contributed by atoms with Gasteiger partial charge in [-0.15, -0.1) is 0 Å². The van der Waals surface area contributed by atoms with Gasteiger partial charge in [0.25, 0.3) is 0 Å². The number of para-hydroxylation sites is 1. The molecule has 0 amide bonds. The van der Waals surface area contributed by atoms with Gasteiger partial charge < -0.3 is 15.8 Å². The highest BCUT2D eigenvalue weighted by Gasteiger charge is 2.14. The number of carbonyl (C=O) groups excluding carboxylic acids is 1. The topological polar surface area (TPSA) is 103 Å². The summed E-state index contributed by atoms with van der Waals surface area (Å²) in [6, 6.07) is 26.8. The van der Waals surface area contributed by atoms with Gasteiger partial charge in [0.2, 0.25) is 11.9 Å². The number of ether oxygens (including phenoxy) is 1. The Morgan fingerprint density at radius 2 is 1.52 bits per heavy atom. The Balaban J connectivity index is 1.46. The molecule has 0 saturated carbocycles. The number of anilines is 3. The summed E-state index contributed by atoms with van der Waals surface area (Å²) in [7, 11) is 0. The van der Waals surface area contributed by atoms with Gasteiger partial charge in [0.05, 0.1) is 5.56 Å². The fraction of sp³-hybridized carbons (Fsp3) is 0.0833. The minimum absolute atomic E-state index is 0.0453. The molecule has 0 aliphatic heterocycles. The van der Waals surface area contributed by atoms with Gasteiger partial charge in [-0.25, -0.2) is 4.79 Å². The number of nitrogens with two attached hydrogens (primary N) is 1. The average Bonchev–Trinajstić information content (AvgIpc) is 2.79. The molecule has 0 spiro atoms. The largest absolute Gasteiger partial charge is 0.454 e. The Bertz CT molecular complexity index is 1170. The van der Waals surface area contributed by atoms with Crippen LogP contribution in [-0.2, 0) is 17.8 Å². The molecule has 0 atom stereocenters. The molecule has 7 nitrogen and oxygen atoms in total. The minimum Gasteiger partial charge on any atom is -0.454 e. The van der Waals surface area contributed by atoms with Gasteiger partial charge in [-0.05, 0) is 35.7 Å². The first-order chi connectivity index (χ1) is 15.2. The molecular formula is C24H21N5O2. The van der Waals surface area contributed by atoms with Crippen molar-refractivity contribution in [3.05, 3.63) is 107 Å². The van der Waals surface area contributed by atoms with E-state index in [9.17, 15) is 4.79 Å². The zero-order valence-electron chi connectivity index (χ0n) is 16.7. The van der Waals surface area contributed by atoms with Crippen molar-refractivity contribution in [3.8, 4) is 0 Å². The Labute approximate surface area is 180 Å². The number of rotatable bonds is 7. The van der Waals surface area contributed by atoms with E-state index in [1.54, 1.807) is 6.07 Å². The number of aromatic nitrogens is 3. The van der Waals surface area contributed by atoms with E-state index in [1.807, 2.05) is 78.9 Å². The van der Waals surface area contributed by atoms with E-state index in [4.69, 9.17) is 10.5 Å². The van der Waals surface area contributed by atoms with Crippen LogP contribution < -0.4 is 11.1 Å². The van der Waals surface area contributed by atoms with Crippen molar-refractivity contribution in [1.82, 2.24) is 15.0 Å². The van der Waals surface area contributed by atoms with Crippen LogP contribution in [0.5, 0.6) is 0 Å². The van der Waals surface area contributed by atoms with E-state index >= 15 is 0 Å². The van der Waals surface area contributed by atoms with Crippen molar-refractivity contribution in [3.63, 3.8) is 0 Å². The maximum atomic E-state index is 12.7. The van der Waals surface area contributed by atoms with Crippen molar-refractivity contribution in [2.24, 2.45) is 0 Å². The third-order valence-electron chi connectivity index (χ3n) is 4.54. The van der Waals surface area contributed by atoms with E-state index < -0.39 is 5.97 Å². The number of benzene rings is 3. The fourth-order valence-corrected chi connectivity index (χ4v) is 3.11. The molecule has 4 aromatic rings. The highest BCUT2D eigenvalue weighted by atomic mass is 16.5.